The van der Waals surface area contributed by atoms with E-state index in [9.17, 15) is 4.79 Å². The molecular formula is C13H27NO2Si. The lowest BCUT2D eigenvalue weighted by Gasteiger charge is -2.38. The molecule has 1 aliphatic heterocycles. The fraction of sp³-hybridized carbons (Fsp3) is 0.923. The van der Waals surface area contributed by atoms with Crippen molar-refractivity contribution in [3.8, 4) is 0 Å². The van der Waals surface area contributed by atoms with Gasteiger partial charge >= 0.3 is 0 Å². The van der Waals surface area contributed by atoms with Gasteiger partial charge in [0.15, 0.2) is 8.32 Å². The van der Waals surface area contributed by atoms with E-state index < -0.39 is 8.32 Å². The molecule has 1 fully saturated rings. The topological polar surface area (TPSA) is 29.5 Å². The molecular weight excluding hydrogens is 230 g/mol. The number of likely N-dealkylation sites (tertiary alicyclic amines) is 1. The molecule has 1 heterocycles. The molecule has 3 nitrogen and oxygen atoms in total. The van der Waals surface area contributed by atoms with Gasteiger partial charge in [-0.05, 0) is 18.1 Å². The Hall–Kier alpha value is -0.353. The molecule has 1 rings (SSSR count). The molecule has 4 heteroatoms. The molecule has 0 aromatic carbocycles. The van der Waals surface area contributed by atoms with Crippen LogP contribution in [0.3, 0.4) is 0 Å². The SMILES string of the molecule is CN1CC(C)(CO[Si](C)(C)C(C)(C)C)CC1=O. The van der Waals surface area contributed by atoms with Crippen LogP contribution in [0.25, 0.3) is 0 Å². The molecule has 17 heavy (non-hydrogen) atoms. The molecule has 0 spiro atoms. The summed E-state index contributed by atoms with van der Waals surface area (Å²) >= 11 is 0. The molecule has 0 radical (unpaired) electrons. The summed E-state index contributed by atoms with van der Waals surface area (Å²) in [5.74, 6) is 0.242. The Bertz CT molecular complexity index is 309. The molecule has 1 unspecified atom stereocenters. The van der Waals surface area contributed by atoms with E-state index >= 15 is 0 Å². The minimum absolute atomic E-state index is 0.00134. The van der Waals surface area contributed by atoms with Gasteiger partial charge in [-0.2, -0.15) is 0 Å². The van der Waals surface area contributed by atoms with Crippen molar-refractivity contribution in [3.63, 3.8) is 0 Å². The largest absolute Gasteiger partial charge is 0.416 e. The van der Waals surface area contributed by atoms with Gasteiger partial charge in [-0.1, -0.05) is 27.7 Å². The highest BCUT2D eigenvalue weighted by atomic mass is 28.4. The molecule has 1 saturated heterocycles. The van der Waals surface area contributed by atoms with Crippen LogP contribution < -0.4 is 0 Å². The quantitative estimate of drug-likeness (QED) is 0.728. The Labute approximate surface area is 107 Å². The lowest BCUT2D eigenvalue weighted by Crippen LogP contribution is -2.44. The van der Waals surface area contributed by atoms with Crippen LogP contribution >= 0.6 is 0 Å². The second kappa shape index (κ2) is 4.39. The van der Waals surface area contributed by atoms with Crippen LogP contribution in [0, 0.1) is 5.41 Å². The zero-order valence-electron chi connectivity index (χ0n) is 12.4. The predicted octanol–water partition coefficient (Wildman–Crippen LogP) is 2.88. The summed E-state index contributed by atoms with van der Waals surface area (Å²) in [5, 5.41) is 0.234. The minimum Gasteiger partial charge on any atom is -0.416 e. The molecule has 0 bridgehead atoms. The third-order valence-electron chi connectivity index (χ3n) is 4.21. The Morgan fingerprint density at radius 3 is 2.29 bits per heavy atom. The van der Waals surface area contributed by atoms with E-state index in [-0.39, 0.29) is 16.4 Å². The Morgan fingerprint density at radius 2 is 1.94 bits per heavy atom. The maximum atomic E-state index is 11.6. The average molecular weight is 257 g/mol. The van der Waals surface area contributed by atoms with Crippen LogP contribution in [0.15, 0.2) is 0 Å². The molecule has 0 N–H and O–H groups in total. The third kappa shape index (κ3) is 3.32. The van der Waals surface area contributed by atoms with E-state index in [0.717, 1.165) is 6.54 Å². The first-order chi connectivity index (χ1) is 7.47. The third-order valence-corrected chi connectivity index (χ3v) is 8.69. The van der Waals surface area contributed by atoms with E-state index in [1.807, 2.05) is 11.9 Å². The maximum absolute atomic E-state index is 11.6. The van der Waals surface area contributed by atoms with Crippen molar-refractivity contribution in [1.82, 2.24) is 4.90 Å². The van der Waals surface area contributed by atoms with E-state index in [4.69, 9.17) is 4.43 Å². The fourth-order valence-corrected chi connectivity index (χ4v) is 3.03. The first-order valence-corrected chi connectivity index (χ1v) is 9.26. The number of hydrogen-bond acceptors (Lipinski definition) is 2. The van der Waals surface area contributed by atoms with E-state index in [0.29, 0.717) is 13.0 Å². The van der Waals surface area contributed by atoms with Gasteiger partial charge in [0, 0.05) is 32.0 Å². The van der Waals surface area contributed by atoms with Gasteiger partial charge in [0.1, 0.15) is 0 Å². The molecule has 1 atom stereocenters. The molecule has 0 aliphatic carbocycles. The number of carbonyl (C=O) groups excluding carboxylic acids is 1. The number of rotatable bonds is 3. The molecule has 0 aromatic rings. The van der Waals surface area contributed by atoms with E-state index in [2.05, 4.69) is 40.8 Å². The summed E-state index contributed by atoms with van der Waals surface area (Å²) < 4.78 is 6.24. The first kappa shape index (κ1) is 14.7. The van der Waals surface area contributed by atoms with Crippen LogP contribution in [-0.2, 0) is 9.22 Å². The Morgan fingerprint density at radius 1 is 1.41 bits per heavy atom. The van der Waals surface area contributed by atoms with Crippen molar-refractivity contribution in [1.29, 1.82) is 0 Å². The lowest BCUT2D eigenvalue weighted by atomic mass is 9.91. The van der Waals surface area contributed by atoms with Crippen LogP contribution in [0.2, 0.25) is 18.1 Å². The molecule has 100 valence electrons. The summed E-state index contributed by atoms with van der Waals surface area (Å²) in [7, 11) is 0.182. The lowest BCUT2D eigenvalue weighted by molar-refractivity contribution is -0.126. The maximum Gasteiger partial charge on any atom is 0.223 e. The highest BCUT2D eigenvalue weighted by Crippen LogP contribution is 2.39. The molecule has 1 amide bonds. The number of carbonyl (C=O) groups is 1. The van der Waals surface area contributed by atoms with Crippen molar-refractivity contribution in [2.45, 2.75) is 52.2 Å². The highest BCUT2D eigenvalue weighted by molar-refractivity contribution is 6.74. The van der Waals surface area contributed by atoms with Crippen molar-refractivity contribution in [2.75, 3.05) is 20.2 Å². The predicted molar refractivity (Wildman–Crippen MR) is 73.5 cm³/mol. The van der Waals surface area contributed by atoms with Gasteiger partial charge in [-0.15, -0.1) is 0 Å². The summed E-state index contributed by atoms with van der Waals surface area (Å²) in [6, 6.07) is 0. The molecule has 0 saturated carbocycles. The van der Waals surface area contributed by atoms with Crippen LogP contribution in [0.1, 0.15) is 34.1 Å². The smallest absolute Gasteiger partial charge is 0.223 e. The number of nitrogens with zero attached hydrogens (tertiary/aromatic N) is 1. The van der Waals surface area contributed by atoms with Crippen LogP contribution in [-0.4, -0.2) is 39.3 Å². The molecule has 0 aromatic heterocycles. The number of amides is 1. The van der Waals surface area contributed by atoms with Gasteiger partial charge in [0.25, 0.3) is 0 Å². The summed E-state index contributed by atoms with van der Waals surface area (Å²) in [5.41, 5.74) is 0.00134. The number of hydrogen-bond donors (Lipinski definition) is 0. The van der Waals surface area contributed by atoms with Crippen molar-refractivity contribution >= 4 is 14.2 Å². The van der Waals surface area contributed by atoms with Crippen LogP contribution in [0.4, 0.5) is 0 Å². The average Bonchev–Trinajstić information content (AvgIpc) is 2.37. The van der Waals surface area contributed by atoms with Gasteiger partial charge in [0.05, 0.1) is 0 Å². The second-order valence-electron chi connectivity index (χ2n) is 7.29. The van der Waals surface area contributed by atoms with Gasteiger partial charge in [-0.25, -0.2) is 0 Å². The van der Waals surface area contributed by atoms with E-state index in [1.54, 1.807) is 0 Å². The van der Waals surface area contributed by atoms with Gasteiger partial charge < -0.3 is 9.33 Å². The first-order valence-electron chi connectivity index (χ1n) is 6.35. The van der Waals surface area contributed by atoms with Crippen molar-refractivity contribution in [2.24, 2.45) is 5.41 Å². The Balaban J connectivity index is 2.60. The minimum atomic E-state index is -1.69. The summed E-state index contributed by atoms with van der Waals surface area (Å²) in [6.07, 6.45) is 0.623. The summed E-state index contributed by atoms with van der Waals surface area (Å²) in [6.45, 7) is 14.9. The normalized spacial score (nSPS) is 26.8. The fourth-order valence-electron chi connectivity index (χ4n) is 1.88. The standard InChI is InChI=1S/C13H27NO2Si/c1-12(2,3)17(6,7)16-10-13(4)8-11(15)14(5)9-13/h8-10H2,1-7H3. The monoisotopic (exact) mass is 257 g/mol. The van der Waals surface area contributed by atoms with Gasteiger partial charge in [0.2, 0.25) is 5.91 Å². The van der Waals surface area contributed by atoms with E-state index in [1.165, 1.54) is 0 Å². The Kier molecular flexibility index (Phi) is 3.80. The molecule has 1 aliphatic rings. The summed E-state index contributed by atoms with van der Waals surface area (Å²) in [4.78, 5) is 13.4. The van der Waals surface area contributed by atoms with Crippen molar-refractivity contribution < 1.29 is 9.22 Å². The zero-order valence-corrected chi connectivity index (χ0v) is 13.4. The van der Waals surface area contributed by atoms with Crippen molar-refractivity contribution in [3.05, 3.63) is 0 Å². The van der Waals surface area contributed by atoms with Crippen LogP contribution in [0.5, 0.6) is 0 Å². The zero-order chi connectivity index (χ0) is 13.5. The highest BCUT2D eigenvalue weighted by Gasteiger charge is 2.42. The van der Waals surface area contributed by atoms with Gasteiger partial charge in [-0.3, -0.25) is 4.79 Å². The second-order valence-corrected chi connectivity index (χ2v) is 12.1.